The van der Waals surface area contributed by atoms with Gasteiger partial charge in [0, 0.05) is 28.7 Å². The normalized spacial score (nSPS) is 36.7. The predicted molar refractivity (Wildman–Crippen MR) is 68.2 cm³/mol. The SMILES string of the molecule is C1=CC2CCC1C1c3cccc4ccc(n34)C21. The van der Waals surface area contributed by atoms with Crippen LogP contribution in [0, 0.1) is 11.8 Å². The van der Waals surface area contributed by atoms with Gasteiger partial charge in [0.1, 0.15) is 0 Å². The molecule has 1 aliphatic heterocycles. The van der Waals surface area contributed by atoms with Crippen molar-refractivity contribution in [1.82, 2.24) is 4.40 Å². The molecule has 2 bridgehead atoms. The van der Waals surface area contributed by atoms with Crippen molar-refractivity contribution in [1.29, 1.82) is 0 Å². The van der Waals surface area contributed by atoms with Gasteiger partial charge in [0.25, 0.3) is 0 Å². The Labute approximate surface area is 101 Å². The third kappa shape index (κ3) is 0.854. The largest absolute Gasteiger partial charge is 0.317 e. The van der Waals surface area contributed by atoms with Crippen molar-refractivity contribution in [3.63, 3.8) is 0 Å². The smallest absolute Gasteiger partial charge is 0.0456 e. The highest BCUT2D eigenvalue weighted by Crippen LogP contribution is 2.57. The summed E-state index contributed by atoms with van der Waals surface area (Å²) in [5, 5.41) is 0. The van der Waals surface area contributed by atoms with E-state index in [-0.39, 0.29) is 0 Å². The first-order chi connectivity index (χ1) is 8.43. The van der Waals surface area contributed by atoms with Crippen molar-refractivity contribution in [3.8, 4) is 0 Å². The van der Waals surface area contributed by atoms with Crippen LogP contribution in [-0.2, 0) is 0 Å². The molecular weight excluding hydrogens is 206 g/mol. The van der Waals surface area contributed by atoms with Crippen LogP contribution in [0.2, 0.25) is 0 Å². The Balaban J connectivity index is 1.88. The fourth-order valence-electron chi connectivity index (χ4n) is 4.54. The summed E-state index contributed by atoms with van der Waals surface area (Å²) in [5.74, 6) is 3.10. The molecule has 1 nitrogen and oxygen atoms in total. The average Bonchev–Trinajstić information content (AvgIpc) is 2.97. The molecule has 1 heteroatoms. The lowest BCUT2D eigenvalue weighted by molar-refractivity contribution is 0.250. The zero-order valence-corrected chi connectivity index (χ0v) is 9.71. The first kappa shape index (κ1) is 8.57. The van der Waals surface area contributed by atoms with Gasteiger partial charge in [-0.3, -0.25) is 0 Å². The Kier molecular flexibility index (Phi) is 1.34. The Morgan fingerprint density at radius 3 is 2.24 bits per heavy atom. The summed E-state index contributed by atoms with van der Waals surface area (Å²) in [6.45, 7) is 0. The average molecular weight is 221 g/mol. The molecule has 2 aromatic rings. The van der Waals surface area contributed by atoms with Gasteiger partial charge in [0.05, 0.1) is 0 Å². The quantitative estimate of drug-likeness (QED) is 0.597. The minimum atomic E-state index is 0.763. The molecule has 3 aliphatic carbocycles. The number of hydrogen-bond donors (Lipinski definition) is 0. The second-order valence-electron chi connectivity index (χ2n) is 5.81. The lowest BCUT2D eigenvalue weighted by atomic mass is 9.61. The van der Waals surface area contributed by atoms with Crippen molar-refractivity contribution in [2.45, 2.75) is 24.7 Å². The van der Waals surface area contributed by atoms with Gasteiger partial charge in [-0.1, -0.05) is 18.2 Å². The molecule has 84 valence electrons. The highest BCUT2D eigenvalue weighted by molar-refractivity contribution is 5.56. The lowest BCUT2D eigenvalue weighted by Gasteiger charge is -2.41. The van der Waals surface area contributed by atoms with E-state index in [1.807, 2.05) is 0 Å². The molecule has 17 heavy (non-hydrogen) atoms. The second-order valence-corrected chi connectivity index (χ2v) is 5.81. The van der Waals surface area contributed by atoms with Crippen molar-refractivity contribution >= 4 is 5.52 Å². The van der Waals surface area contributed by atoms with Crippen LogP contribution < -0.4 is 0 Å². The molecular formula is C16H15N. The molecule has 4 aliphatic rings. The van der Waals surface area contributed by atoms with E-state index in [1.165, 1.54) is 18.4 Å². The van der Waals surface area contributed by atoms with Gasteiger partial charge < -0.3 is 4.40 Å². The van der Waals surface area contributed by atoms with E-state index in [4.69, 9.17) is 0 Å². The van der Waals surface area contributed by atoms with Crippen molar-refractivity contribution in [2.24, 2.45) is 11.8 Å². The van der Waals surface area contributed by atoms with Crippen LogP contribution in [0.3, 0.4) is 0 Å². The molecule has 0 N–H and O–H groups in total. The molecule has 3 heterocycles. The number of nitrogens with zero attached hydrogens (tertiary/aromatic N) is 1. The standard InChI is InChI=1S/C16H15N/c1-2-12-8-9-14-16-11-6-4-10(5-7-11)15(16)13(3-1)17(12)14/h1-4,6,8-11,15-16H,5,7H2. The number of pyridine rings is 1. The van der Waals surface area contributed by atoms with E-state index in [9.17, 15) is 0 Å². The summed E-state index contributed by atoms with van der Waals surface area (Å²) in [6.07, 6.45) is 7.76. The first-order valence-corrected chi connectivity index (χ1v) is 6.72. The number of allylic oxidation sites excluding steroid dienone is 2. The minimum Gasteiger partial charge on any atom is -0.317 e. The molecule has 0 aromatic carbocycles. The Morgan fingerprint density at radius 1 is 0.824 bits per heavy atom. The molecule has 1 saturated carbocycles. The number of rotatable bonds is 0. The molecule has 0 saturated heterocycles. The topological polar surface area (TPSA) is 4.41 Å². The van der Waals surface area contributed by atoms with Crippen LogP contribution in [0.25, 0.3) is 5.52 Å². The molecule has 0 amide bonds. The van der Waals surface area contributed by atoms with Crippen molar-refractivity contribution in [3.05, 3.63) is 53.9 Å². The second kappa shape index (κ2) is 2.66. The maximum atomic E-state index is 2.52. The van der Waals surface area contributed by atoms with Crippen molar-refractivity contribution < 1.29 is 0 Å². The van der Waals surface area contributed by atoms with E-state index in [0.717, 1.165) is 23.7 Å². The maximum Gasteiger partial charge on any atom is 0.0456 e. The number of fused-ring (bicyclic) bond motifs is 1. The fraction of sp³-hybridized carbons (Fsp3) is 0.375. The molecule has 4 atom stereocenters. The monoisotopic (exact) mass is 221 g/mol. The van der Waals surface area contributed by atoms with Gasteiger partial charge in [-0.05, 0) is 48.9 Å². The molecule has 1 fully saturated rings. The highest BCUT2D eigenvalue weighted by Gasteiger charge is 2.47. The Hall–Kier alpha value is -1.50. The van der Waals surface area contributed by atoms with Gasteiger partial charge in [-0.15, -0.1) is 0 Å². The summed E-state index contributed by atoms with van der Waals surface area (Å²) in [4.78, 5) is 0. The van der Waals surface area contributed by atoms with Gasteiger partial charge >= 0.3 is 0 Å². The predicted octanol–water partition coefficient (Wildman–Crippen LogP) is 3.72. The molecule has 4 unspecified atom stereocenters. The van der Waals surface area contributed by atoms with Crippen LogP contribution in [0.4, 0.5) is 0 Å². The summed E-state index contributed by atoms with van der Waals surface area (Å²) in [5.41, 5.74) is 4.51. The molecule has 6 rings (SSSR count). The highest BCUT2D eigenvalue weighted by atomic mass is 15.0. The summed E-state index contributed by atoms with van der Waals surface area (Å²) in [6, 6.07) is 11.4. The maximum absolute atomic E-state index is 2.52. The van der Waals surface area contributed by atoms with Crippen LogP contribution in [0.1, 0.15) is 36.1 Å². The third-order valence-electron chi connectivity index (χ3n) is 5.16. The van der Waals surface area contributed by atoms with Gasteiger partial charge in [0.2, 0.25) is 0 Å². The van der Waals surface area contributed by atoms with Crippen LogP contribution in [0.15, 0.2) is 42.5 Å². The Morgan fingerprint density at radius 2 is 1.53 bits per heavy atom. The summed E-state index contributed by atoms with van der Waals surface area (Å²) < 4.78 is 2.52. The van der Waals surface area contributed by atoms with E-state index < -0.39 is 0 Å². The van der Waals surface area contributed by atoms with Crippen molar-refractivity contribution in [2.75, 3.05) is 0 Å². The Bertz CT molecular complexity index is 649. The summed E-state index contributed by atoms with van der Waals surface area (Å²) in [7, 11) is 0. The van der Waals surface area contributed by atoms with Crippen LogP contribution in [0.5, 0.6) is 0 Å². The number of aromatic nitrogens is 1. The zero-order valence-electron chi connectivity index (χ0n) is 9.71. The van der Waals surface area contributed by atoms with Crippen LogP contribution in [-0.4, -0.2) is 4.40 Å². The van der Waals surface area contributed by atoms with Gasteiger partial charge in [-0.25, -0.2) is 0 Å². The van der Waals surface area contributed by atoms with E-state index in [2.05, 4.69) is 46.9 Å². The third-order valence-corrected chi connectivity index (χ3v) is 5.16. The first-order valence-electron chi connectivity index (χ1n) is 6.72. The number of hydrogen-bond acceptors (Lipinski definition) is 0. The fourth-order valence-corrected chi connectivity index (χ4v) is 4.54. The molecule has 0 spiro atoms. The van der Waals surface area contributed by atoms with Crippen LogP contribution >= 0.6 is 0 Å². The zero-order chi connectivity index (χ0) is 11.0. The van der Waals surface area contributed by atoms with E-state index >= 15 is 0 Å². The van der Waals surface area contributed by atoms with Gasteiger partial charge in [0.15, 0.2) is 0 Å². The molecule has 2 aromatic heterocycles. The minimum absolute atomic E-state index is 0.763. The van der Waals surface area contributed by atoms with E-state index in [0.29, 0.717) is 0 Å². The van der Waals surface area contributed by atoms with E-state index in [1.54, 1.807) is 11.4 Å². The van der Waals surface area contributed by atoms with Gasteiger partial charge in [-0.2, -0.15) is 0 Å². The lowest BCUT2D eigenvalue weighted by Crippen LogP contribution is -2.30. The molecule has 0 radical (unpaired) electrons. The summed E-state index contributed by atoms with van der Waals surface area (Å²) >= 11 is 0.